The molecule has 1 aromatic carbocycles. The molecule has 0 heterocycles. The lowest BCUT2D eigenvalue weighted by atomic mass is 10.1. The zero-order valence-corrected chi connectivity index (χ0v) is 12.0. The van der Waals surface area contributed by atoms with E-state index in [1.807, 2.05) is 6.92 Å². The van der Waals surface area contributed by atoms with E-state index >= 15 is 0 Å². The van der Waals surface area contributed by atoms with Crippen LogP contribution >= 0.6 is 0 Å². The predicted octanol–water partition coefficient (Wildman–Crippen LogP) is 1.34. The normalized spacial score (nSPS) is 12.1. The smallest absolute Gasteiger partial charge is 0.255 e. The molecule has 1 amide bonds. The van der Waals surface area contributed by atoms with E-state index in [-0.39, 0.29) is 30.3 Å². The van der Waals surface area contributed by atoms with Gasteiger partial charge >= 0.3 is 0 Å². The molecule has 1 rings (SSSR count). The Bertz CT molecular complexity index is 454. The number of nitrogens with one attached hydrogen (secondary N) is 1. The first-order valence-corrected chi connectivity index (χ1v) is 6.46. The lowest BCUT2D eigenvalue weighted by Crippen LogP contribution is -2.36. The average Bonchev–Trinajstić information content (AvgIpc) is 2.40. The minimum absolute atomic E-state index is 0.120. The number of amides is 1. The van der Waals surface area contributed by atoms with E-state index in [9.17, 15) is 14.3 Å². The van der Waals surface area contributed by atoms with Gasteiger partial charge in [-0.05, 0) is 19.1 Å². The number of para-hydroxylation sites is 1. The number of aliphatic hydroxyl groups is 1. The molecule has 5 nitrogen and oxygen atoms in total. The number of halogens is 1. The standard InChI is InChI=1S/C14H21FN2O3/c1-4-16-13-11(6-5-7-12(13)15)14(19)17(2)8-10(18)9-20-3/h5-7,10,16,18H,4,8-9H2,1-3H3. The van der Waals surface area contributed by atoms with E-state index in [2.05, 4.69) is 5.32 Å². The van der Waals surface area contributed by atoms with Crippen LogP contribution in [-0.4, -0.2) is 55.9 Å². The van der Waals surface area contributed by atoms with E-state index in [0.29, 0.717) is 6.54 Å². The lowest BCUT2D eigenvalue weighted by molar-refractivity contribution is 0.0380. The van der Waals surface area contributed by atoms with E-state index in [0.717, 1.165) is 0 Å². The molecule has 6 heteroatoms. The topological polar surface area (TPSA) is 61.8 Å². The molecule has 0 saturated heterocycles. The molecule has 1 aromatic rings. The van der Waals surface area contributed by atoms with Crippen molar-refractivity contribution in [3.05, 3.63) is 29.6 Å². The summed E-state index contributed by atoms with van der Waals surface area (Å²) in [5.74, 6) is -0.820. The molecule has 1 atom stereocenters. The highest BCUT2D eigenvalue weighted by Gasteiger charge is 2.20. The predicted molar refractivity (Wildman–Crippen MR) is 75.4 cm³/mol. The quantitative estimate of drug-likeness (QED) is 0.793. The molecule has 0 aliphatic rings. The highest BCUT2D eigenvalue weighted by Crippen LogP contribution is 2.21. The maximum atomic E-state index is 13.7. The summed E-state index contributed by atoms with van der Waals surface area (Å²) in [4.78, 5) is 13.6. The van der Waals surface area contributed by atoms with Crippen LogP contribution < -0.4 is 5.32 Å². The molecular formula is C14H21FN2O3. The van der Waals surface area contributed by atoms with Gasteiger partial charge in [0.25, 0.3) is 5.91 Å². The van der Waals surface area contributed by atoms with E-state index < -0.39 is 11.9 Å². The fourth-order valence-corrected chi connectivity index (χ4v) is 1.91. The second kappa shape index (κ2) is 7.81. The van der Waals surface area contributed by atoms with Gasteiger partial charge in [0.15, 0.2) is 0 Å². The summed E-state index contributed by atoms with van der Waals surface area (Å²) in [6.45, 7) is 2.60. The molecule has 0 bridgehead atoms. The van der Waals surface area contributed by atoms with Crippen molar-refractivity contribution in [2.45, 2.75) is 13.0 Å². The van der Waals surface area contributed by atoms with Crippen LogP contribution in [0.2, 0.25) is 0 Å². The molecule has 2 N–H and O–H groups in total. The Morgan fingerprint density at radius 3 is 2.85 bits per heavy atom. The number of ether oxygens (including phenoxy) is 1. The minimum Gasteiger partial charge on any atom is -0.389 e. The Morgan fingerprint density at radius 2 is 2.25 bits per heavy atom. The molecular weight excluding hydrogens is 263 g/mol. The van der Waals surface area contributed by atoms with Crippen molar-refractivity contribution < 1.29 is 19.0 Å². The second-order valence-electron chi connectivity index (χ2n) is 4.49. The molecule has 1 unspecified atom stereocenters. The van der Waals surface area contributed by atoms with Gasteiger partial charge in [-0.1, -0.05) is 6.07 Å². The largest absolute Gasteiger partial charge is 0.389 e. The molecule has 0 spiro atoms. The van der Waals surface area contributed by atoms with Crippen LogP contribution in [0.3, 0.4) is 0 Å². The van der Waals surface area contributed by atoms with Crippen LogP contribution in [-0.2, 0) is 4.74 Å². The van der Waals surface area contributed by atoms with Gasteiger partial charge in [-0.25, -0.2) is 4.39 Å². The number of carbonyl (C=O) groups is 1. The second-order valence-corrected chi connectivity index (χ2v) is 4.49. The van der Waals surface area contributed by atoms with Crippen molar-refractivity contribution in [2.24, 2.45) is 0 Å². The third-order valence-electron chi connectivity index (χ3n) is 2.79. The third kappa shape index (κ3) is 4.18. The number of likely N-dealkylation sites (N-methyl/N-ethyl adjacent to an activating group) is 1. The Labute approximate surface area is 118 Å². The maximum Gasteiger partial charge on any atom is 0.255 e. The van der Waals surface area contributed by atoms with Gasteiger partial charge in [-0.2, -0.15) is 0 Å². The summed E-state index contributed by atoms with van der Waals surface area (Å²) in [6.07, 6.45) is -0.773. The van der Waals surface area contributed by atoms with Crippen molar-refractivity contribution in [1.29, 1.82) is 0 Å². The third-order valence-corrected chi connectivity index (χ3v) is 2.79. The van der Waals surface area contributed by atoms with Crippen molar-refractivity contribution in [2.75, 3.05) is 39.2 Å². The summed E-state index contributed by atoms with van der Waals surface area (Å²) >= 11 is 0. The Hall–Kier alpha value is -1.66. The molecule has 112 valence electrons. The average molecular weight is 284 g/mol. The number of methoxy groups -OCH3 is 1. The zero-order chi connectivity index (χ0) is 15.1. The number of carbonyl (C=O) groups excluding carboxylic acids is 1. The van der Waals surface area contributed by atoms with E-state index in [1.165, 1.54) is 24.1 Å². The number of aliphatic hydroxyl groups excluding tert-OH is 1. The van der Waals surface area contributed by atoms with Gasteiger partial charge < -0.3 is 20.1 Å². The number of benzene rings is 1. The molecule has 0 aliphatic carbocycles. The number of rotatable bonds is 7. The van der Waals surface area contributed by atoms with Crippen molar-refractivity contribution in [3.8, 4) is 0 Å². The SMILES string of the molecule is CCNc1c(F)cccc1C(=O)N(C)CC(O)COC. The molecule has 0 aliphatic heterocycles. The van der Waals surface area contributed by atoms with Crippen molar-refractivity contribution in [1.82, 2.24) is 4.90 Å². The Kier molecular flexibility index (Phi) is 6.41. The number of hydrogen-bond acceptors (Lipinski definition) is 4. The van der Waals surface area contributed by atoms with Crippen LogP contribution in [0.25, 0.3) is 0 Å². The van der Waals surface area contributed by atoms with Gasteiger partial charge in [-0.15, -0.1) is 0 Å². The first kappa shape index (κ1) is 16.4. The highest BCUT2D eigenvalue weighted by molar-refractivity contribution is 5.99. The van der Waals surface area contributed by atoms with Crippen molar-refractivity contribution in [3.63, 3.8) is 0 Å². The number of anilines is 1. The van der Waals surface area contributed by atoms with Gasteiger partial charge in [0.2, 0.25) is 0 Å². The summed E-state index contributed by atoms with van der Waals surface area (Å²) in [6, 6.07) is 4.35. The highest BCUT2D eigenvalue weighted by atomic mass is 19.1. The molecule has 0 saturated carbocycles. The van der Waals surface area contributed by atoms with Gasteiger partial charge in [-0.3, -0.25) is 4.79 Å². The van der Waals surface area contributed by atoms with Crippen LogP contribution in [0.15, 0.2) is 18.2 Å². The van der Waals surface area contributed by atoms with E-state index in [4.69, 9.17) is 4.74 Å². The lowest BCUT2D eigenvalue weighted by Gasteiger charge is -2.22. The zero-order valence-electron chi connectivity index (χ0n) is 12.0. The van der Waals surface area contributed by atoms with E-state index in [1.54, 1.807) is 13.1 Å². The van der Waals surface area contributed by atoms with Crippen LogP contribution in [0.1, 0.15) is 17.3 Å². The molecule has 0 radical (unpaired) electrons. The van der Waals surface area contributed by atoms with Gasteiger partial charge in [0, 0.05) is 27.2 Å². The maximum absolute atomic E-state index is 13.7. The van der Waals surface area contributed by atoms with Crippen molar-refractivity contribution >= 4 is 11.6 Å². The summed E-state index contributed by atoms with van der Waals surface area (Å²) in [5, 5.41) is 12.5. The molecule has 0 fully saturated rings. The number of hydrogen-bond donors (Lipinski definition) is 2. The van der Waals surface area contributed by atoms with Crippen LogP contribution in [0.4, 0.5) is 10.1 Å². The number of nitrogens with zero attached hydrogens (tertiary/aromatic N) is 1. The summed E-state index contributed by atoms with van der Waals surface area (Å²) in [5.41, 5.74) is 0.437. The first-order valence-electron chi connectivity index (χ1n) is 6.46. The fourth-order valence-electron chi connectivity index (χ4n) is 1.91. The van der Waals surface area contributed by atoms with Crippen LogP contribution in [0, 0.1) is 5.82 Å². The fraction of sp³-hybridized carbons (Fsp3) is 0.500. The summed E-state index contributed by atoms with van der Waals surface area (Å²) in [7, 11) is 3.03. The minimum atomic E-state index is -0.773. The first-order chi connectivity index (χ1) is 9.51. The molecule has 0 aromatic heterocycles. The summed E-state index contributed by atoms with van der Waals surface area (Å²) < 4.78 is 18.6. The van der Waals surface area contributed by atoms with Gasteiger partial charge in [0.05, 0.1) is 24.0 Å². The van der Waals surface area contributed by atoms with Crippen LogP contribution in [0.5, 0.6) is 0 Å². The monoisotopic (exact) mass is 284 g/mol. The van der Waals surface area contributed by atoms with Gasteiger partial charge in [0.1, 0.15) is 5.82 Å². The Morgan fingerprint density at radius 1 is 1.55 bits per heavy atom. The Balaban J connectivity index is 2.88. The molecule has 20 heavy (non-hydrogen) atoms.